The zero-order valence-corrected chi connectivity index (χ0v) is 17.5. The molecule has 1 N–H and O–H groups in total. The number of rotatable bonds is 5. The fourth-order valence-electron chi connectivity index (χ4n) is 4.22. The number of para-hydroxylation sites is 1. The Kier molecular flexibility index (Phi) is 4.78. The number of H-pyrrole nitrogens is 1. The minimum atomic E-state index is -3.43. The predicted octanol–water partition coefficient (Wildman–Crippen LogP) is 5.05. The highest BCUT2D eigenvalue weighted by Gasteiger charge is 2.26. The van der Waals surface area contributed by atoms with Crippen LogP contribution in [-0.2, 0) is 16.4 Å². The van der Waals surface area contributed by atoms with Crippen molar-refractivity contribution in [2.45, 2.75) is 28.0 Å². The third kappa shape index (κ3) is 3.52. The van der Waals surface area contributed by atoms with Crippen LogP contribution in [0, 0.1) is 0 Å². The predicted molar refractivity (Wildman–Crippen MR) is 117 cm³/mol. The van der Waals surface area contributed by atoms with Gasteiger partial charge in [-0.2, -0.15) is 0 Å². The zero-order valence-electron chi connectivity index (χ0n) is 15.9. The maximum absolute atomic E-state index is 12.9. The lowest BCUT2D eigenvalue weighted by Gasteiger charge is -2.16. The third-order valence-corrected chi connectivity index (χ3v) is 8.89. The van der Waals surface area contributed by atoms with Gasteiger partial charge in [0, 0.05) is 30.2 Å². The molecule has 3 heterocycles. The van der Waals surface area contributed by atoms with Crippen LogP contribution in [0.2, 0.25) is 0 Å². The van der Waals surface area contributed by atoms with Gasteiger partial charge in [0.1, 0.15) is 4.21 Å². The zero-order chi connectivity index (χ0) is 19.8. The van der Waals surface area contributed by atoms with Crippen molar-refractivity contribution in [3.8, 4) is 0 Å². The molecule has 0 aliphatic carbocycles. The molecule has 0 spiro atoms. The van der Waals surface area contributed by atoms with E-state index in [4.69, 9.17) is 0 Å². The molecule has 1 atom stereocenters. The van der Waals surface area contributed by atoms with E-state index in [2.05, 4.69) is 40.3 Å². The van der Waals surface area contributed by atoms with Gasteiger partial charge in [0.25, 0.3) is 0 Å². The number of hydrogen-bond donors (Lipinski definition) is 1. The SMILES string of the molecule is O=S(=O)(c1cccc(C2CCN(Cc3c[nH]c4ccccc34)C2)c1)c1cccs1. The van der Waals surface area contributed by atoms with Gasteiger partial charge in [0.15, 0.2) is 0 Å². The molecule has 1 unspecified atom stereocenters. The highest BCUT2D eigenvalue weighted by Crippen LogP contribution is 2.32. The molecule has 0 radical (unpaired) electrons. The first-order chi connectivity index (χ1) is 14.1. The Morgan fingerprint density at radius 3 is 2.83 bits per heavy atom. The van der Waals surface area contributed by atoms with Gasteiger partial charge in [0.05, 0.1) is 4.90 Å². The lowest BCUT2D eigenvalue weighted by Crippen LogP contribution is -2.19. The summed E-state index contributed by atoms with van der Waals surface area (Å²) < 4.78 is 26.1. The van der Waals surface area contributed by atoms with Gasteiger partial charge in [-0.3, -0.25) is 4.90 Å². The van der Waals surface area contributed by atoms with Crippen molar-refractivity contribution in [1.29, 1.82) is 0 Å². The summed E-state index contributed by atoms with van der Waals surface area (Å²) in [5.41, 5.74) is 3.60. The fourth-order valence-corrected chi connectivity index (χ4v) is 6.67. The minimum absolute atomic E-state index is 0.360. The molecule has 4 nitrogen and oxygen atoms in total. The second-order valence-electron chi connectivity index (χ2n) is 7.59. The molecule has 2 aromatic heterocycles. The third-order valence-electron chi connectivity index (χ3n) is 5.74. The van der Waals surface area contributed by atoms with Gasteiger partial charge in [-0.1, -0.05) is 36.4 Å². The van der Waals surface area contributed by atoms with Crippen molar-refractivity contribution in [2.24, 2.45) is 0 Å². The van der Waals surface area contributed by atoms with Crippen LogP contribution < -0.4 is 0 Å². The number of benzene rings is 2. The van der Waals surface area contributed by atoms with E-state index in [0.29, 0.717) is 15.0 Å². The number of nitrogens with one attached hydrogen (secondary N) is 1. The van der Waals surface area contributed by atoms with Crippen LogP contribution in [0.5, 0.6) is 0 Å². The highest BCUT2D eigenvalue weighted by molar-refractivity contribution is 7.93. The number of aromatic nitrogens is 1. The first kappa shape index (κ1) is 18.6. The fraction of sp³-hybridized carbons (Fsp3) is 0.217. The normalized spacial score (nSPS) is 17.9. The Hall–Kier alpha value is -2.41. The molecule has 2 aromatic carbocycles. The molecule has 0 bridgehead atoms. The van der Waals surface area contributed by atoms with Crippen LogP contribution in [0.1, 0.15) is 23.5 Å². The summed E-state index contributed by atoms with van der Waals surface area (Å²) in [4.78, 5) is 6.20. The van der Waals surface area contributed by atoms with E-state index in [-0.39, 0.29) is 0 Å². The lowest BCUT2D eigenvalue weighted by molar-refractivity contribution is 0.328. The Labute approximate surface area is 174 Å². The van der Waals surface area contributed by atoms with Gasteiger partial charge in [-0.15, -0.1) is 11.3 Å². The summed E-state index contributed by atoms with van der Waals surface area (Å²) >= 11 is 1.27. The maximum Gasteiger partial charge on any atom is 0.215 e. The van der Waals surface area contributed by atoms with E-state index in [0.717, 1.165) is 31.6 Å². The number of hydrogen-bond acceptors (Lipinski definition) is 4. The molecular weight excluding hydrogens is 400 g/mol. The second kappa shape index (κ2) is 7.44. The number of likely N-dealkylation sites (tertiary alicyclic amines) is 1. The molecule has 1 fully saturated rings. The Bertz CT molecular complexity index is 1240. The molecule has 148 valence electrons. The van der Waals surface area contributed by atoms with Crippen molar-refractivity contribution < 1.29 is 8.42 Å². The van der Waals surface area contributed by atoms with Crippen LogP contribution in [0.3, 0.4) is 0 Å². The van der Waals surface area contributed by atoms with E-state index >= 15 is 0 Å². The second-order valence-corrected chi connectivity index (χ2v) is 10.7. The molecule has 1 saturated heterocycles. The summed E-state index contributed by atoms with van der Waals surface area (Å²) in [6.07, 6.45) is 3.15. The van der Waals surface area contributed by atoms with Crippen LogP contribution in [0.25, 0.3) is 10.9 Å². The number of sulfone groups is 1. The smallest absolute Gasteiger partial charge is 0.215 e. The molecule has 1 aliphatic rings. The van der Waals surface area contributed by atoms with Crippen molar-refractivity contribution in [1.82, 2.24) is 9.88 Å². The van der Waals surface area contributed by atoms with Gasteiger partial charge >= 0.3 is 0 Å². The average Bonchev–Trinajstić information content (AvgIpc) is 3.50. The Morgan fingerprint density at radius 1 is 1.07 bits per heavy atom. The minimum Gasteiger partial charge on any atom is -0.361 e. The van der Waals surface area contributed by atoms with Gasteiger partial charge in [-0.25, -0.2) is 8.42 Å². The first-order valence-electron chi connectivity index (χ1n) is 9.77. The quantitative estimate of drug-likeness (QED) is 0.490. The van der Waals surface area contributed by atoms with Crippen LogP contribution in [0.15, 0.2) is 81.3 Å². The monoisotopic (exact) mass is 422 g/mol. The van der Waals surface area contributed by atoms with Crippen molar-refractivity contribution in [3.63, 3.8) is 0 Å². The molecule has 1 aliphatic heterocycles. The first-order valence-corrected chi connectivity index (χ1v) is 12.1. The summed E-state index contributed by atoms with van der Waals surface area (Å²) in [6.45, 7) is 2.88. The van der Waals surface area contributed by atoms with E-state index in [1.165, 1.54) is 27.8 Å². The summed E-state index contributed by atoms with van der Waals surface area (Å²) in [6, 6.07) is 19.3. The van der Waals surface area contributed by atoms with E-state index in [9.17, 15) is 8.42 Å². The Balaban J connectivity index is 1.34. The number of nitrogens with zero attached hydrogens (tertiary/aromatic N) is 1. The lowest BCUT2D eigenvalue weighted by atomic mass is 9.99. The number of thiophene rings is 1. The maximum atomic E-state index is 12.9. The molecule has 0 amide bonds. The standard InChI is InChI=1S/C23H22N2O2S2/c26-29(27,23-9-4-12-28-23)20-6-3-5-17(13-20)18-10-11-25(15-18)16-19-14-24-22-8-2-1-7-21(19)22/h1-9,12-14,18,24H,10-11,15-16H2. The molecule has 5 rings (SSSR count). The number of aromatic amines is 1. The average molecular weight is 423 g/mol. The van der Waals surface area contributed by atoms with Crippen LogP contribution >= 0.6 is 11.3 Å². The molecule has 0 saturated carbocycles. The molecule has 4 aromatic rings. The van der Waals surface area contributed by atoms with Crippen LogP contribution in [-0.4, -0.2) is 31.4 Å². The van der Waals surface area contributed by atoms with Crippen molar-refractivity contribution in [2.75, 3.05) is 13.1 Å². The van der Waals surface area contributed by atoms with Crippen molar-refractivity contribution in [3.05, 3.63) is 83.4 Å². The van der Waals surface area contributed by atoms with E-state index in [1.807, 2.05) is 18.2 Å². The Morgan fingerprint density at radius 2 is 1.97 bits per heavy atom. The van der Waals surface area contributed by atoms with Gasteiger partial charge in [-0.05, 0) is 59.7 Å². The summed E-state index contributed by atoms with van der Waals surface area (Å²) in [5, 5.41) is 3.08. The van der Waals surface area contributed by atoms with Gasteiger partial charge in [0.2, 0.25) is 9.84 Å². The summed E-state index contributed by atoms with van der Waals surface area (Å²) in [7, 11) is -3.43. The summed E-state index contributed by atoms with van der Waals surface area (Å²) in [5.74, 6) is 0.360. The highest BCUT2D eigenvalue weighted by atomic mass is 32.2. The van der Waals surface area contributed by atoms with Crippen molar-refractivity contribution >= 4 is 32.1 Å². The largest absolute Gasteiger partial charge is 0.361 e. The van der Waals surface area contributed by atoms with E-state index < -0.39 is 9.84 Å². The topological polar surface area (TPSA) is 53.2 Å². The molecule has 29 heavy (non-hydrogen) atoms. The molecular formula is C23H22N2O2S2. The van der Waals surface area contributed by atoms with E-state index in [1.54, 1.807) is 23.6 Å². The van der Waals surface area contributed by atoms with Crippen LogP contribution in [0.4, 0.5) is 0 Å². The molecule has 6 heteroatoms. The number of fused-ring (bicyclic) bond motifs is 1. The van der Waals surface area contributed by atoms with Gasteiger partial charge < -0.3 is 4.98 Å².